The topological polar surface area (TPSA) is 92.9 Å². The molecule has 0 saturated carbocycles. The number of benzene rings is 1. The van der Waals surface area contributed by atoms with E-state index in [2.05, 4.69) is 0 Å². The molecular formula is C17H27N3O4S. The zero-order valence-corrected chi connectivity index (χ0v) is 16.0. The van der Waals surface area contributed by atoms with Crippen molar-refractivity contribution in [2.24, 2.45) is 5.73 Å². The second-order valence-electron chi connectivity index (χ2n) is 6.60. The molecule has 8 heteroatoms. The molecule has 0 spiro atoms. The first-order valence-corrected chi connectivity index (χ1v) is 9.83. The van der Waals surface area contributed by atoms with Crippen molar-refractivity contribution in [3.05, 3.63) is 29.8 Å². The summed E-state index contributed by atoms with van der Waals surface area (Å²) in [5.74, 6) is -0.185. The van der Waals surface area contributed by atoms with Crippen molar-refractivity contribution < 1.29 is 17.9 Å². The van der Waals surface area contributed by atoms with Crippen LogP contribution >= 0.6 is 0 Å². The van der Waals surface area contributed by atoms with E-state index < -0.39 is 10.0 Å². The molecule has 1 fully saturated rings. The summed E-state index contributed by atoms with van der Waals surface area (Å²) >= 11 is 0. The van der Waals surface area contributed by atoms with E-state index in [-0.39, 0.29) is 29.1 Å². The van der Waals surface area contributed by atoms with Gasteiger partial charge in [0.2, 0.25) is 10.0 Å². The van der Waals surface area contributed by atoms with Gasteiger partial charge in [-0.3, -0.25) is 4.79 Å². The second kappa shape index (κ2) is 7.82. The van der Waals surface area contributed by atoms with Crippen molar-refractivity contribution in [2.45, 2.75) is 43.9 Å². The van der Waals surface area contributed by atoms with E-state index in [1.54, 1.807) is 24.1 Å². The van der Waals surface area contributed by atoms with E-state index in [0.717, 1.165) is 0 Å². The molecule has 140 valence electrons. The Hall–Kier alpha value is -1.48. The Labute approximate surface area is 149 Å². The maximum atomic E-state index is 12.8. The van der Waals surface area contributed by atoms with E-state index in [0.29, 0.717) is 25.2 Å². The summed E-state index contributed by atoms with van der Waals surface area (Å²) in [5.41, 5.74) is 6.02. The van der Waals surface area contributed by atoms with Gasteiger partial charge in [0.15, 0.2) is 0 Å². The maximum absolute atomic E-state index is 12.8. The van der Waals surface area contributed by atoms with Gasteiger partial charge in [-0.2, -0.15) is 4.31 Å². The number of carbonyl (C=O) groups excluding carboxylic acids is 1. The van der Waals surface area contributed by atoms with Crippen molar-refractivity contribution in [3.63, 3.8) is 0 Å². The molecular weight excluding hydrogens is 342 g/mol. The van der Waals surface area contributed by atoms with Gasteiger partial charge in [0.25, 0.3) is 5.91 Å². The predicted molar refractivity (Wildman–Crippen MR) is 95.8 cm³/mol. The minimum absolute atomic E-state index is 0.0905. The number of morpholine rings is 1. The lowest BCUT2D eigenvalue weighted by molar-refractivity contribution is -0.0440. The molecule has 0 aliphatic carbocycles. The monoisotopic (exact) mass is 369 g/mol. The summed E-state index contributed by atoms with van der Waals surface area (Å²) in [7, 11) is -1.92. The van der Waals surface area contributed by atoms with Crippen LogP contribution in [0.2, 0.25) is 0 Å². The molecule has 2 rings (SSSR count). The number of carbonyl (C=O) groups is 1. The highest BCUT2D eigenvalue weighted by Gasteiger charge is 2.32. The average molecular weight is 369 g/mol. The third kappa shape index (κ3) is 4.38. The van der Waals surface area contributed by atoms with Crippen LogP contribution in [-0.4, -0.2) is 68.5 Å². The number of hydrogen-bond acceptors (Lipinski definition) is 5. The third-order valence-electron chi connectivity index (χ3n) is 4.45. The first kappa shape index (κ1) is 19.8. The van der Waals surface area contributed by atoms with Crippen LogP contribution in [0.3, 0.4) is 0 Å². The fraction of sp³-hybridized carbons (Fsp3) is 0.588. The highest BCUT2D eigenvalue weighted by atomic mass is 32.2. The molecule has 3 atom stereocenters. The molecule has 3 unspecified atom stereocenters. The van der Waals surface area contributed by atoms with E-state index in [4.69, 9.17) is 10.5 Å². The highest BCUT2D eigenvalue weighted by molar-refractivity contribution is 7.89. The Morgan fingerprint density at radius 3 is 2.28 bits per heavy atom. The molecule has 0 bridgehead atoms. The van der Waals surface area contributed by atoms with Crippen molar-refractivity contribution >= 4 is 15.9 Å². The van der Waals surface area contributed by atoms with Gasteiger partial charge in [0.1, 0.15) is 0 Å². The number of sulfonamides is 1. The zero-order valence-electron chi connectivity index (χ0n) is 15.2. The Morgan fingerprint density at radius 2 is 1.80 bits per heavy atom. The summed E-state index contributed by atoms with van der Waals surface area (Å²) in [6.07, 6.45) is -0.295. The SMILES string of the molecule is CC1CN(S(=O)(=O)c2ccc(C(=O)N(C)C(C)CN)cc2)CC(C)O1. The standard InChI is InChI=1S/C17H27N3O4S/c1-12(9-18)19(4)17(21)15-5-7-16(8-6-15)25(22,23)20-10-13(2)24-14(3)11-20/h5-8,12-14H,9-11,18H2,1-4H3. The lowest BCUT2D eigenvalue weighted by atomic mass is 10.2. The molecule has 1 aromatic carbocycles. The number of hydrogen-bond donors (Lipinski definition) is 1. The van der Waals surface area contributed by atoms with Crippen molar-refractivity contribution in [2.75, 3.05) is 26.7 Å². The second-order valence-corrected chi connectivity index (χ2v) is 8.54. The summed E-state index contributed by atoms with van der Waals surface area (Å²) < 4.78 is 32.6. The highest BCUT2D eigenvalue weighted by Crippen LogP contribution is 2.21. The molecule has 2 N–H and O–H groups in total. The van der Waals surface area contributed by atoms with Crippen LogP contribution in [0.1, 0.15) is 31.1 Å². The van der Waals surface area contributed by atoms with Crippen LogP contribution in [0.5, 0.6) is 0 Å². The van der Waals surface area contributed by atoms with Gasteiger partial charge in [-0.1, -0.05) is 0 Å². The van der Waals surface area contributed by atoms with Gasteiger partial charge >= 0.3 is 0 Å². The Morgan fingerprint density at radius 1 is 1.28 bits per heavy atom. The first-order chi connectivity index (χ1) is 11.7. The Kier molecular flexibility index (Phi) is 6.21. The van der Waals surface area contributed by atoms with Gasteiger partial charge in [0.05, 0.1) is 17.1 Å². The smallest absolute Gasteiger partial charge is 0.253 e. The van der Waals surface area contributed by atoms with E-state index in [1.165, 1.54) is 16.4 Å². The van der Waals surface area contributed by atoms with Crippen LogP contribution in [0.4, 0.5) is 0 Å². The number of nitrogens with two attached hydrogens (primary N) is 1. The van der Waals surface area contributed by atoms with Crippen LogP contribution < -0.4 is 5.73 Å². The minimum atomic E-state index is -3.60. The third-order valence-corrected chi connectivity index (χ3v) is 6.29. The molecule has 7 nitrogen and oxygen atoms in total. The Balaban J connectivity index is 2.20. The fourth-order valence-electron chi connectivity index (χ4n) is 2.81. The quantitative estimate of drug-likeness (QED) is 0.832. The number of nitrogens with zero attached hydrogens (tertiary/aromatic N) is 2. The van der Waals surface area contributed by atoms with Gasteiger partial charge in [-0.05, 0) is 45.0 Å². The molecule has 1 aliphatic heterocycles. The first-order valence-electron chi connectivity index (χ1n) is 8.39. The van der Waals surface area contributed by atoms with Crippen LogP contribution in [0.25, 0.3) is 0 Å². The average Bonchev–Trinajstić information content (AvgIpc) is 2.59. The summed E-state index contributed by atoms with van der Waals surface area (Å²) in [6, 6.07) is 5.96. The molecule has 25 heavy (non-hydrogen) atoms. The summed E-state index contributed by atoms with van der Waals surface area (Å²) in [6.45, 7) is 6.58. The van der Waals surface area contributed by atoms with Gasteiger partial charge < -0.3 is 15.4 Å². The maximum Gasteiger partial charge on any atom is 0.253 e. The lowest BCUT2D eigenvalue weighted by Crippen LogP contribution is -2.48. The molecule has 0 aromatic heterocycles. The normalized spacial score (nSPS) is 23.2. The van der Waals surface area contributed by atoms with Gasteiger partial charge in [-0.25, -0.2) is 8.42 Å². The number of likely N-dealkylation sites (N-methyl/N-ethyl adjacent to an activating group) is 1. The molecule has 1 aliphatic rings. The number of amides is 1. The van der Waals surface area contributed by atoms with E-state index in [9.17, 15) is 13.2 Å². The molecule has 1 heterocycles. The Bertz CT molecular complexity index is 695. The van der Waals surface area contributed by atoms with Crippen LogP contribution in [0, 0.1) is 0 Å². The fourth-order valence-corrected chi connectivity index (χ4v) is 4.40. The van der Waals surface area contributed by atoms with E-state index >= 15 is 0 Å². The van der Waals surface area contributed by atoms with Crippen LogP contribution in [-0.2, 0) is 14.8 Å². The zero-order chi connectivity index (χ0) is 18.8. The summed E-state index contributed by atoms with van der Waals surface area (Å²) in [5, 5.41) is 0. The molecule has 1 saturated heterocycles. The largest absolute Gasteiger partial charge is 0.373 e. The minimum Gasteiger partial charge on any atom is -0.373 e. The van der Waals surface area contributed by atoms with E-state index in [1.807, 2.05) is 20.8 Å². The van der Waals surface area contributed by atoms with Crippen LogP contribution in [0.15, 0.2) is 29.2 Å². The van der Waals surface area contributed by atoms with Crippen molar-refractivity contribution in [1.29, 1.82) is 0 Å². The molecule has 1 aromatic rings. The van der Waals surface area contributed by atoms with Gasteiger partial charge in [0, 0.05) is 38.3 Å². The summed E-state index contributed by atoms with van der Waals surface area (Å²) in [4.78, 5) is 14.1. The lowest BCUT2D eigenvalue weighted by Gasteiger charge is -2.34. The molecule has 1 amide bonds. The molecule has 0 radical (unpaired) electrons. The predicted octanol–water partition coefficient (Wildman–Crippen LogP) is 0.904. The number of ether oxygens (including phenoxy) is 1. The number of rotatable bonds is 5. The van der Waals surface area contributed by atoms with Crippen molar-refractivity contribution in [3.8, 4) is 0 Å². The van der Waals surface area contributed by atoms with Gasteiger partial charge in [-0.15, -0.1) is 0 Å². The van der Waals surface area contributed by atoms with Crippen molar-refractivity contribution in [1.82, 2.24) is 9.21 Å².